The molecule has 0 bridgehead atoms. The Kier molecular flexibility index (Phi) is 3.27. The number of benzene rings is 1. The third kappa shape index (κ3) is 2.12. The van der Waals surface area contributed by atoms with Crippen molar-refractivity contribution in [3.63, 3.8) is 0 Å². The molecular formula is C11H10ClNO. The summed E-state index contributed by atoms with van der Waals surface area (Å²) in [5.74, 6) is -0.145. The minimum absolute atomic E-state index is 0.0351. The summed E-state index contributed by atoms with van der Waals surface area (Å²) in [4.78, 5) is 11.6. The highest BCUT2D eigenvalue weighted by Crippen LogP contribution is 2.20. The zero-order valence-corrected chi connectivity index (χ0v) is 8.80. The van der Waals surface area contributed by atoms with E-state index in [1.54, 1.807) is 26.0 Å². The summed E-state index contributed by atoms with van der Waals surface area (Å²) in [5.41, 5.74) is 0.888. The highest BCUT2D eigenvalue weighted by atomic mass is 35.5. The quantitative estimate of drug-likeness (QED) is 0.700. The highest BCUT2D eigenvalue weighted by molar-refractivity contribution is 6.34. The number of carbonyl (C=O) groups excluding carboxylic acids is 1. The Morgan fingerprint density at radius 1 is 1.50 bits per heavy atom. The molecule has 0 fully saturated rings. The second-order valence-corrected chi connectivity index (χ2v) is 3.73. The Bertz CT molecular complexity index is 404. The summed E-state index contributed by atoms with van der Waals surface area (Å²) >= 11 is 5.86. The number of hydrogen-bond acceptors (Lipinski definition) is 2. The van der Waals surface area contributed by atoms with Crippen molar-refractivity contribution in [3.8, 4) is 6.07 Å². The fourth-order valence-electron chi connectivity index (χ4n) is 1.09. The summed E-state index contributed by atoms with van der Waals surface area (Å²) in [7, 11) is 0. The van der Waals surface area contributed by atoms with Gasteiger partial charge in [-0.1, -0.05) is 25.4 Å². The van der Waals surface area contributed by atoms with Gasteiger partial charge in [0.15, 0.2) is 5.78 Å². The van der Waals surface area contributed by atoms with Crippen molar-refractivity contribution in [3.05, 3.63) is 34.3 Å². The summed E-state index contributed by atoms with van der Waals surface area (Å²) in [6, 6.07) is 6.69. The fraction of sp³-hybridized carbons (Fsp3) is 0.273. The van der Waals surface area contributed by atoms with E-state index >= 15 is 0 Å². The number of rotatable bonds is 2. The average Bonchev–Trinajstić information content (AvgIpc) is 2.17. The number of hydrogen-bond donors (Lipinski definition) is 0. The minimum Gasteiger partial charge on any atom is -0.294 e. The largest absolute Gasteiger partial charge is 0.294 e. The molecule has 0 unspecified atom stereocenters. The first-order valence-corrected chi connectivity index (χ1v) is 4.68. The van der Waals surface area contributed by atoms with Gasteiger partial charge in [0.2, 0.25) is 0 Å². The van der Waals surface area contributed by atoms with Gasteiger partial charge in [-0.3, -0.25) is 4.79 Å². The van der Waals surface area contributed by atoms with E-state index in [0.29, 0.717) is 16.1 Å². The van der Waals surface area contributed by atoms with E-state index in [4.69, 9.17) is 16.9 Å². The number of carbonyl (C=O) groups is 1. The molecule has 0 spiro atoms. The van der Waals surface area contributed by atoms with Crippen LogP contribution in [0.3, 0.4) is 0 Å². The van der Waals surface area contributed by atoms with Gasteiger partial charge in [-0.25, -0.2) is 0 Å². The molecule has 1 aromatic carbocycles. The van der Waals surface area contributed by atoms with E-state index in [1.165, 1.54) is 6.07 Å². The van der Waals surface area contributed by atoms with Crippen LogP contribution in [-0.2, 0) is 0 Å². The lowest BCUT2D eigenvalue weighted by atomic mass is 9.99. The molecule has 0 atom stereocenters. The number of nitrogens with zero attached hydrogens (tertiary/aromatic N) is 1. The van der Waals surface area contributed by atoms with Gasteiger partial charge >= 0.3 is 0 Å². The number of nitriles is 1. The van der Waals surface area contributed by atoms with Crippen molar-refractivity contribution < 1.29 is 4.79 Å². The van der Waals surface area contributed by atoms with Crippen LogP contribution in [0.15, 0.2) is 18.2 Å². The maximum Gasteiger partial charge on any atom is 0.166 e. The van der Waals surface area contributed by atoms with E-state index < -0.39 is 0 Å². The van der Waals surface area contributed by atoms with Crippen LogP contribution in [0.2, 0.25) is 5.02 Å². The van der Waals surface area contributed by atoms with E-state index in [1.807, 2.05) is 6.07 Å². The molecule has 72 valence electrons. The van der Waals surface area contributed by atoms with Gasteiger partial charge in [0, 0.05) is 11.5 Å². The predicted molar refractivity (Wildman–Crippen MR) is 55.3 cm³/mol. The van der Waals surface area contributed by atoms with Gasteiger partial charge < -0.3 is 0 Å². The van der Waals surface area contributed by atoms with Crippen molar-refractivity contribution >= 4 is 17.4 Å². The van der Waals surface area contributed by atoms with Gasteiger partial charge in [-0.05, 0) is 18.2 Å². The van der Waals surface area contributed by atoms with Crippen LogP contribution in [0, 0.1) is 17.2 Å². The summed E-state index contributed by atoms with van der Waals surface area (Å²) < 4.78 is 0. The van der Waals surface area contributed by atoms with Crippen LogP contribution in [0.4, 0.5) is 0 Å². The molecule has 0 radical (unpaired) electrons. The minimum atomic E-state index is -0.110. The normalized spacial score (nSPS) is 9.93. The number of halogens is 1. The highest BCUT2D eigenvalue weighted by Gasteiger charge is 2.14. The van der Waals surface area contributed by atoms with Crippen LogP contribution in [0.5, 0.6) is 0 Å². The molecule has 2 nitrogen and oxygen atoms in total. The Balaban J connectivity index is 3.21. The predicted octanol–water partition coefficient (Wildman–Crippen LogP) is 3.05. The second-order valence-electron chi connectivity index (χ2n) is 3.33. The first-order valence-electron chi connectivity index (χ1n) is 4.30. The third-order valence-corrected chi connectivity index (χ3v) is 2.21. The molecule has 0 saturated heterocycles. The molecule has 0 aliphatic rings. The van der Waals surface area contributed by atoms with E-state index in [9.17, 15) is 4.79 Å². The van der Waals surface area contributed by atoms with Crippen LogP contribution >= 0.6 is 11.6 Å². The number of Topliss-reactive ketones (excluding diaryl/α,β-unsaturated/α-hetero) is 1. The van der Waals surface area contributed by atoms with Crippen molar-refractivity contribution in [2.75, 3.05) is 0 Å². The molecule has 0 heterocycles. The van der Waals surface area contributed by atoms with Crippen LogP contribution in [0.25, 0.3) is 0 Å². The lowest BCUT2D eigenvalue weighted by Gasteiger charge is -2.06. The Morgan fingerprint density at radius 2 is 2.14 bits per heavy atom. The molecule has 14 heavy (non-hydrogen) atoms. The Hall–Kier alpha value is -1.33. The zero-order chi connectivity index (χ0) is 10.7. The average molecular weight is 208 g/mol. The zero-order valence-electron chi connectivity index (χ0n) is 8.04. The van der Waals surface area contributed by atoms with Gasteiger partial charge in [-0.2, -0.15) is 5.26 Å². The van der Waals surface area contributed by atoms with Crippen molar-refractivity contribution in [1.82, 2.24) is 0 Å². The SMILES string of the molecule is CC(C)C(=O)c1cc(C#N)ccc1Cl. The van der Waals surface area contributed by atoms with E-state index in [0.717, 1.165) is 0 Å². The molecule has 1 aromatic rings. The molecule has 0 N–H and O–H groups in total. The lowest BCUT2D eigenvalue weighted by Crippen LogP contribution is -2.08. The van der Waals surface area contributed by atoms with Crippen molar-refractivity contribution in [1.29, 1.82) is 5.26 Å². The first kappa shape index (κ1) is 10.7. The topological polar surface area (TPSA) is 40.9 Å². The number of ketones is 1. The van der Waals surface area contributed by atoms with Crippen LogP contribution < -0.4 is 0 Å². The first-order chi connectivity index (χ1) is 6.56. The van der Waals surface area contributed by atoms with Gasteiger partial charge in [-0.15, -0.1) is 0 Å². The Labute approximate surface area is 88.1 Å². The van der Waals surface area contributed by atoms with Gasteiger partial charge in [0.05, 0.1) is 16.7 Å². The van der Waals surface area contributed by atoms with E-state index in [2.05, 4.69) is 0 Å². The third-order valence-electron chi connectivity index (χ3n) is 1.89. The molecule has 1 rings (SSSR count). The van der Waals surface area contributed by atoms with Gasteiger partial charge in [0.25, 0.3) is 0 Å². The van der Waals surface area contributed by atoms with Crippen LogP contribution in [0.1, 0.15) is 29.8 Å². The summed E-state index contributed by atoms with van der Waals surface area (Å²) in [6.45, 7) is 3.61. The molecule has 0 aliphatic heterocycles. The molecule has 0 saturated carbocycles. The molecule has 3 heteroatoms. The molecular weight excluding hydrogens is 198 g/mol. The fourth-order valence-corrected chi connectivity index (χ4v) is 1.31. The summed E-state index contributed by atoms with van der Waals surface area (Å²) in [6.07, 6.45) is 0. The maximum absolute atomic E-state index is 11.6. The maximum atomic E-state index is 11.6. The standard InChI is InChI=1S/C11H10ClNO/c1-7(2)11(14)9-5-8(6-13)3-4-10(9)12/h3-5,7H,1-2H3. The lowest BCUT2D eigenvalue weighted by molar-refractivity contribution is 0.0939. The van der Waals surface area contributed by atoms with Crippen LogP contribution in [-0.4, -0.2) is 5.78 Å². The van der Waals surface area contributed by atoms with Crippen molar-refractivity contribution in [2.45, 2.75) is 13.8 Å². The molecule has 0 aromatic heterocycles. The Morgan fingerprint density at radius 3 is 2.64 bits per heavy atom. The second kappa shape index (κ2) is 4.26. The summed E-state index contributed by atoms with van der Waals surface area (Å²) in [5, 5.41) is 9.07. The molecule has 0 amide bonds. The monoisotopic (exact) mass is 207 g/mol. The van der Waals surface area contributed by atoms with E-state index in [-0.39, 0.29) is 11.7 Å². The molecule has 0 aliphatic carbocycles. The smallest absolute Gasteiger partial charge is 0.166 e. The van der Waals surface area contributed by atoms with Gasteiger partial charge in [0.1, 0.15) is 0 Å². The van der Waals surface area contributed by atoms with Crippen molar-refractivity contribution in [2.24, 2.45) is 5.92 Å².